The number of hydrazine groups is 1. The van der Waals surface area contributed by atoms with E-state index in [1.165, 1.54) is 16.7 Å². The Labute approximate surface area is 234 Å². The standard InChI is InChI=1S/C29H44F3N7O/c1-19-6-5-9-37(12-19)13-20-10-24(29(30,31)32)25-17-38(28(40)39(25)14-20)23-8-4-7-21(11-23)26(22-15-35(2)16-22)27-34-33-18-36(27)3/h10,14,17,19,21-23,26-27,33-34H,4-9,11-13,15-16,18H2,1-3H3/t19-,21?,23?,26-,27?/m0/s1. The van der Waals surface area contributed by atoms with Gasteiger partial charge in [-0.1, -0.05) is 13.3 Å². The molecule has 5 heterocycles. The van der Waals surface area contributed by atoms with E-state index in [4.69, 9.17) is 0 Å². The number of halogens is 3. The van der Waals surface area contributed by atoms with Crippen molar-refractivity contribution < 1.29 is 13.2 Å². The van der Waals surface area contributed by atoms with Gasteiger partial charge in [0.25, 0.3) is 0 Å². The van der Waals surface area contributed by atoms with Crippen molar-refractivity contribution in [3.63, 3.8) is 0 Å². The number of pyridine rings is 1. The number of hydrogen-bond acceptors (Lipinski definition) is 6. The van der Waals surface area contributed by atoms with Crippen LogP contribution in [0.4, 0.5) is 13.2 Å². The Morgan fingerprint density at radius 1 is 1.05 bits per heavy atom. The van der Waals surface area contributed by atoms with Gasteiger partial charge in [-0.2, -0.15) is 13.2 Å². The van der Waals surface area contributed by atoms with Crippen LogP contribution in [0.2, 0.25) is 0 Å². The molecule has 2 N–H and O–H groups in total. The Hall–Kier alpha value is -1.92. The molecule has 4 fully saturated rings. The molecule has 0 aromatic carbocycles. The van der Waals surface area contributed by atoms with E-state index in [9.17, 15) is 18.0 Å². The Morgan fingerprint density at radius 3 is 2.52 bits per heavy atom. The van der Waals surface area contributed by atoms with Crippen molar-refractivity contribution in [1.82, 2.24) is 34.5 Å². The number of nitrogens with zero attached hydrogens (tertiary/aromatic N) is 5. The van der Waals surface area contributed by atoms with Crippen LogP contribution in [-0.2, 0) is 12.7 Å². The van der Waals surface area contributed by atoms with Crippen LogP contribution in [0.25, 0.3) is 5.52 Å². The zero-order chi connectivity index (χ0) is 28.2. The minimum absolute atomic E-state index is 0.0334. The lowest BCUT2D eigenvalue weighted by Crippen LogP contribution is -2.57. The molecule has 0 radical (unpaired) electrons. The predicted octanol–water partition coefficient (Wildman–Crippen LogP) is 3.58. The van der Waals surface area contributed by atoms with E-state index in [0.717, 1.165) is 71.4 Å². The predicted molar refractivity (Wildman–Crippen MR) is 148 cm³/mol. The molecular weight excluding hydrogens is 519 g/mol. The van der Waals surface area contributed by atoms with Gasteiger partial charge in [0.2, 0.25) is 0 Å². The summed E-state index contributed by atoms with van der Waals surface area (Å²) in [5, 5.41) is 0. The van der Waals surface area contributed by atoms with Crippen molar-refractivity contribution in [3.8, 4) is 0 Å². The summed E-state index contributed by atoms with van der Waals surface area (Å²) < 4.78 is 45.8. The normalized spacial score (nSPS) is 30.6. The quantitative estimate of drug-likeness (QED) is 0.561. The zero-order valence-electron chi connectivity index (χ0n) is 24.0. The molecule has 0 bridgehead atoms. The highest BCUT2D eigenvalue weighted by atomic mass is 19.4. The fourth-order valence-corrected chi connectivity index (χ4v) is 8.09. The molecule has 3 unspecified atom stereocenters. The van der Waals surface area contributed by atoms with Gasteiger partial charge in [-0.15, -0.1) is 0 Å². The Kier molecular flexibility index (Phi) is 7.80. The highest BCUT2D eigenvalue weighted by Crippen LogP contribution is 2.43. The molecule has 0 spiro atoms. The smallest absolute Gasteiger partial charge is 0.306 e. The number of alkyl halides is 3. The lowest BCUT2D eigenvalue weighted by atomic mass is 9.69. The Bertz CT molecular complexity index is 1250. The number of piperidine rings is 1. The van der Waals surface area contributed by atoms with Crippen LogP contribution in [0.5, 0.6) is 0 Å². The van der Waals surface area contributed by atoms with Crippen LogP contribution >= 0.6 is 0 Å². The SMILES string of the molecule is C[C@H]1CCCN(Cc2cc(C(F)(F)F)c3cn(C4CCCC([C@@H](C5CN(C)C5)C5NNCN5C)C4)c(=O)n3c2)C1. The Morgan fingerprint density at radius 2 is 1.85 bits per heavy atom. The first-order valence-electron chi connectivity index (χ1n) is 15.0. The van der Waals surface area contributed by atoms with Gasteiger partial charge < -0.3 is 4.90 Å². The monoisotopic (exact) mass is 563 g/mol. The lowest BCUT2D eigenvalue weighted by molar-refractivity contribution is -0.136. The number of aromatic nitrogens is 2. The van der Waals surface area contributed by atoms with Gasteiger partial charge in [0.1, 0.15) is 0 Å². The molecule has 0 amide bonds. The molecule has 3 saturated heterocycles. The number of nitrogens with one attached hydrogen (secondary N) is 2. The van der Waals surface area contributed by atoms with E-state index >= 15 is 0 Å². The van der Waals surface area contributed by atoms with Crippen molar-refractivity contribution in [3.05, 3.63) is 40.1 Å². The maximum absolute atomic E-state index is 14.3. The van der Waals surface area contributed by atoms with E-state index in [1.807, 2.05) is 0 Å². The molecule has 40 heavy (non-hydrogen) atoms. The second-order valence-electron chi connectivity index (χ2n) is 13.1. The van der Waals surface area contributed by atoms with Crippen LogP contribution in [0.3, 0.4) is 0 Å². The highest BCUT2D eigenvalue weighted by molar-refractivity contribution is 5.56. The first-order chi connectivity index (χ1) is 19.1. The third-order valence-corrected chi connectivity index (χ3v) is 9.98. The second-order valence-corrected chi connectivity index (χ2v) is 13.1. The van der Waals surface area contributed by atoms with Crippen molar-refractivity contribution >= 4 is 5.52 Å². The third kappa shape index (κ3) is 5.47. The fraction of sp³-hybridized carbons (Fsp3) is 0.759. The number of imidazole rings is 1. The van der Waals surface area contributed by atoms with Gasteiger partial charge in [-0.25, -0.2) is 15.6 Å². The largest absolute Gasteiger partial charge is 0.418 e. The average Bonchev–Trinajstić information content (AvgIpc) is 3.45. The summed E-state index contributed by atoms with van der Waals surface area (Å²) in [6.07, 6.45) is 4.71. The molecule has 11 heteroatoms. The van der Waals surface area contributed by atoms with E-state index in [0.29, 0.717) is 35.8 Å². The van der Waals surface area contributed by atoms with Gasteiger partial charge in [-0.05, 0) is 88.0 Å². The zero-order valence-corrected chi connectivity index (χ0v) is 24.0. The van der Waals surface area contributed by atoms with E-state index in [-0.39, 0.29) is 23.4 Å². The van der Waals surface area contributed by atoms with Crippen LogP contribution in [0, 0.1) is 23.7 Å². The number of fused-ring (bicyclic) bond motifs is 1. The maximum atomic E-state index is 14.3. The summed E-state index contributed by atoms with van der Waals surface area (Å²) in [6.45, 7) is 7.26. The van der Waals surface area contributed by atoms with Crippen molar-refractivity contribution in [1.29, 1.82) is 0 Å². The second kappa shape index (κ2) is 11.1. The summed E-state index contributed by atoms with van der Waals surface area (Å²) in [7, 11) is 4.27. The number of rotatable bonds is 6. The van der Waals surface area contributed by atoms with Crippen LogP contribution in [-0.4, -0.2) is 76.8 Å². The molecule has 2 aromatic heterocycles. The molecule has 5 atom stereocenters. The molecule has 6 rings (SSSR count). The van der Waals surface area contributed by atoms with E-state index < -0.39 is 11.7 Å². The van der Waals surface area contributed by atoms with Gasteiger partial charge in [0.15, 0.2) is 0 Å². The summed E-state index contributed by atoms with van der Waals surface area (Å²) in [5.41, 5.74) is 6.21. The molecule has 4 aliphatic rings. The summed E-state index contributed by atoms with van der Waals surface area (Å²) in [5.74, 6) is 1.90. The van der Waals surface area contributed by atoms with Crippen LogP contribution < -0.4 is 16.5 Å². The third-order valence-electron chi connectivity index (χ3n) is 9.98. The summed E-state index contributed by atoms with van der Waals surface area (Å²) >= 11 is 0. The molecule has 3 aliphatic heterocycles. The van der Waals surface area contributed by atoms with Gasteiger partial charge >= 0.3 is 11.9 Å². The van der Waals surface area contributed by atoms with Crippen molar-refractivity contribution in [2.24, 2.45) is 23.7 Å². The molecule has 1 saturated carbocycles. The molecule has 8 nitrogen and oxygen atoms in total. The molecular formula is C29H44F3N7O. The number of hydrogen-bond donors (Lipinski definition) is 2. The fourth-order valence-electron chi connectivity index (χ4n) is 8.09. The first kappa shape index (κ1) is 28.2. The molecule has 2 aromatic rings. The highest BCUT2D eigenvalue weighted by Gasteiger charge is 2.45. The summed E-state index contributed by atoms with van der Waals surface area (Å²) in [4.78, 5) is 20.6. The first-order valence-corrected chi connectivity index (χ1v) is 15.0. The lowest BCUT2D eigenvalue weighted by Gasteiger charge is -2.49. The van der Waals surface area contributed by atoms with E-state index in [2.05, 4.69) is 46.6 Å². The van der Waals surface area contributed by atoms with Crippen LogP contribution in [0.15, 0.2) is 23.3 Å². The van der Waals surface area contributed by atoms with Gasteiger partial charge in [-0.3, -0.25) is 18.8 Å². The minimum Gasteiger partial charge on any atom is -0.306 e. The maximum Gasteiger partial charge on any atom is 0.418 e. The Balaban J connectivity index is 1.30. The average molecular weight is 564 g/mol. The number of likely N-dealkylation sites (tertiary alicyclic amines) is 2. The summed E-state index contributed by atoms with van der Waals surface area (Å²) in [6, 6.07) is 1.17. The van der Waals surface area contributed by atoms with Crippen molar-refractivity contribution in [2.45, 2.75) is 70.4 Å². The van der Waals surface area contributed by atoms with E-state index in [1.54, 1.807) is 10.8 Å². The minimum atomic E-state index is -4.53. The molecule has 222 valence electrons. The van der Waals surface area contributed by atoms with Crippen molar-refractivity contribution in [2.75, 3.05) is 46.9 Å². The van der Waals surface area contributed by atoms with Crippen LogP contribution in [0.1, 0.15) is 62.6 Å². The van der Waals surface area contributed by atoms with Gasteiger partial charge in [0.05, 0.1) is 23.9 Å². The van der Waals surface area contributed by atoms with Gasteiger partial charge in [0, 0.05) is 44.6 Å². The topological polar surface area (TPSA) is 60.2 Å². The molecule has 1 aliphatic carbocycles.